The molecule has 0 saturated carbocycles. The Labute approximate surface area is 262 Å². The molecule has 43 heavy (non-hydrogen) atoms. The first-order valence-corrected chi connectivity index (χ1v) is 12.8. The van der Waals surface area contributed by atoms with Gasteiger partial charge in [0.15, 0.2) is 0 Å². The van der Waals surface area contributed by atoms with Crippen LogP contribution in [0.3, 0.4) is 0 Å². The zero-order valence-corrected chi connectivity index (χ0v) is 25.5. The summed E-state index contributed by atoms with van der Waals surface area (Å²) in [4.78, 5) is 0. The quantitative estimate of drug-likeness (QED) is 0.0785. The van der Waals surface area contributed by atoms with Crippen LogP contribution in [0.2, 0.25) is 0 Å². The summed E-state index contributed by atoms with van der Waals surface area (Å²) < 4.78 is 81.5. The maximum absolute atomic E-state index is 13.5. The molecule has 2 aromatic heterocycles. The maximum atomic E-state index is 13.5. The molecule has 0 spiro atoms. The summed E-state index contributed by atoms with van der Waals surface area (Å²) in [5.41, 5.74) is 2.93. The molecule has 0 fully saturated rings. The van der Waals surface area contributed by atoms with E-state index in [1.54, 1.807) is 64.1 Å². The van der Waals surface area contributed by atoms with Crippen LogP contribution in [0.4, 0.5) is 26.3 Å². The molecule has 0 aliphatic carbocycles. The number of rotatable bonds is 2. The molecule has 0 aliphatic rings. The predicted molar refractivity (Wildman–Crippen MR) is 152 cm³/mol. The van der Waals surface area contributed by atoms with Gasteiger partial charge in [-0.2, -0.15) is 36.4 Å². The molecule has 9 heteroatoms. The molecule has 4 aromatic carbocycles. The van der Waals surface area contributed by atoms with Crippen LogP contribution in [0, 0.1) is 74.7 Å². The second kappa shape index (κ2) is 16.6. The Kier molecular flexibility index (Phi) is 13.6. The number of hydrogen-bond donors (Lipinski definition) is 0. The van der Waals surface area contributed by atoms with Crippen molar-refractivity contribution >= 4 is 0 Å². The molecule has 2 heterocycles. The van der Waals surface area contributed by atoms with Crippen molar-refractivity contribution in [2.24, 2.45) is 0 Å². The summed E-state index contributed by atoms with van der Waals surface area (Å²) >= 11 is 0. The van der Waals surface area contributed by atoms with Crippen LogP contribution < -0.4 is 0 Å². The number of nitrogens with zero attached hydrogens (tertiary/aromatic N) is 2. The van der Waals surface area contributed by atoms with E-state index < -0.39 is 34.9 Å². The molecule has 0 N–H and O–H groups in total. The predicted octanol–water partition coefficient (Wildman–Crippen LogP) is 9.43. The van der Waals surface area contributed by atoms with Crippen LogP contribution in [-0.2, 0) is 21.7 Å². The minimum absolute atomic E-state index is 0. The van der Waals surface area contributed by atoms with Crippen molar-refractivity contribution in [3.63, 3.8) is 0 Å². The monoisotopic (exact) mass is 626 g/mol. The largest absolute Gasteiger partial charge is 4.00 e. The molecule has 0 bridgehead atoms. The molecular formula is C34H28F6N2Ti. The second-order valence-corrected chi connectivity index (χ2v) is 9.09. The number of aromatic nitrogens is 2. The molecule has 0 aliphatic heterocycles. The maximum Gasteiger partial charge on any atom is 4.00 e. The van der Waals surface area contributed by atoms with Gasteiger partial charge in [-0.05, 0) is 63.3 Å². The van der Waals surface area contributed by atoms with E-state index in [0.717, 1.165) is 34.9 Å². The Morgan fingerprint density at radius 2 is 0.767 bits per heavy atom. The van der Waals surface area contributed by atoms with E-state index in [1.165, 1.54) is 9.13 Å². The minimum Gasteiger partial charge on any atom is -0.370 e. The fourth-order valence-electron chi connectivity index (χ4n) is 4.00. The molecule has 6 rings (SSSR count). The zero-order valence-electron chi connectivity index (χ0n) is 23.9. The number of hydrogen-bond acceptors (Lipinski definition) is 0. The van der Waals surface area contributed by atoms with Crippen molar-refractivity contribution in [2.45, 2.75) is 27.7 Å². The van der Waals surface area contributed by atoms with E-state index in [4.69, 9.17) is 0 Å². The van der Waals surface area contributed by atoms with Gasteiger partial charge in [-0.25, -0.2) is 41.8 Å². The molecule has 0 unspecified atom stereocenters. The van der Waals surface area contributed by atoms with Gasteiger partial charge in [0.05, 0.1) is 0 Å². The number of halogens is 6. The van der Waals surface area contributed by atoms with Gasteiger partial charge in [0.2, 0.25) is 0 Å². The molecular weight excluding hydrogens is 598 g/mol. The summed E-state index contributed by atoms with van der Waals surface area (Å²) in [7, 11) is 0. The third-order valence-electron chi connectivity index (χ3n) is 5.97. The van der Waals surface area contributed by atoms with Crippen molar-refractivity contribution in [1.29, 1.82) is 0 Å². The number of aryl methyl sites for hydroxylation is 4. The Morgan fingerprint density at radius 1 is 0.488 bits per heavy atom. The van der Waals surface area contributed by atoms with E-state index >= 15 is 0 Å². The molecule has 0 radical (unpaired) electrons. The molecule has 0 atom stereocenters. The van der Waals surface area contributed by atoms with Crippen LogP contribution in [-0.4, -0.2) is 9.13 Å². The van der Waals surface area contributed by atoms with Crippen LogP contribution >= 0.6 is 0 Å². The first-order valence-electron chi connectivity index (χ1n) is 12.8. The van der Waals surface area contributed by atoms with Gasteiger partial charge in [-0.1, -0.05) is 0 Å². The zero-order chi connectivity index (χ0) is 30.8. The van der Waals surface area contributed by atoms with Crippen molar-refractivity contribution < 1.29 is 48.1 Å². The van der Waals surface area contributed by atoms with Crippen LogP contribution in [0.5, 0.6) is 0 Å². The fourth-order valence-corrected chi connectivity index (χ4v) is 4.00. The molecule has 0 saturated heterocycles. The van der Waals surface area contributed by atoms with Gasteiger partial charge in [-0.3, -0.25) is 8.78 Å². The molecule has 0 amide bonds. The Hall–Kier alpha value is -4.01. The number of benzene rings is 2. The van der Waals surface area contributed by atoms with E-state index in [9.17, 15) is 26.3 Å². The standard InChI is InChI=1S/2C12H9F3N.2C5H5.Ti/c2*1-7-3-4-8(2)16(7)12-6-10(14)9(13)5-11(12)15;2*1-2-4-5-3-1;/h2*3-4,6H,1-2H3;2*1-5H;/q4*-1;+4. The van der Waals surface area contributed by atoms with Crippen molar-refractivity contribution in [3.8, 4) is 11.4 Å². The van der Waals surface area contributed by atoms with E-state index in [2.05, 4.69) is 0 Å². The third-order valence-corrected chi connectivity index (χ3v) is 5.97. The molecule has 2 nitrogen and oxygen atoms in total. The van der Waals surface area contributed by atoms with Crippen LogP contribution in [0.15, 0.2) is 97.1 Å². The van der Waals surface area contributed by atoms with Gasteiger partial charge >= 0.3 is 21.7 Å². The Balaban J connectivity index is 0.000000223. The first kappa shape index (κ1) is 35.2. The average molecular weight is 626 g/mol. The van der Waals surface area contributed by atoms with Crippen LogP contribution in [0.1, 0.15) is 22.8 Å². The summed E-state index contributed by atoms with van der Waals surface area (Å²) in [6, 6.07) is 32.2. The fraction of sp³-hybridized carbons (Fsp3) is 0.118. The van der Waals surface area contributed by atoms with Crippen molar-refractivity contribution in [1.82, 2.24) is 9.13 Å². The second-order valence-electron chi connectivity index (χ2n) is 9.09. The van der Waals surface area contributed by atoms with Gasteiger partial charge < -0.3 is 9.13 Å². The SMILES string of the molecule is Cc1ccc(C)n1-c1cc(F)c(F)[c-]c1F.Cc1ccc(C)n1-c1cc(F)c(F)[c-]c1F.[Ti+4].c1cc[cH-]c1.c1cc[cH-]c1. The van der Waals surface area contributed by atoms with E-state index in [1.807, 2.05) is 60.7 Å². The Morgan fingerprint density at radius 3 is 1.00 bits per heavy atom. The van der Waals surface area contributed by atoms with Gasteiger partial charge in [0.1, 0.15) is 0 Å². The third kappa shape index (κ3) is 9.50. The van der Waals surface area contributed by atoms with Crippen LogP contribution in [0.25, 0.3) is 11.4 Å². The van der Waals surface area contributed by atoms with Gasteiger partial charge in [-0.15, -0.1) is 24.3 Å². The van der Waals surface area contributed by atoms with E-state index in [-0.39, 0.29) is 33.1 Å². The van der Waals surface area contributed by atoms with Crippen molar-refractivity contribution in [2.75, 3.05) is 0 Å². The summed E-state index contributed by atoms with van der Waals surface area (Å²) in [6.07, 6.45) is 0. The summed E-state index contributed by atoms with van der Waals surface area (Å²) in [6.45, 7) is 7.03. The average Bonchev–Trinajstić information content (AvgIpc) is 3.77. The minimum atomic E-state index is -1.30. The van der Waals surface area contributed by atoms with Gasteiger partial charge in [0.25, 0.3) is 0 Å². The summed E-state index contributed by atoms with van der Waals surface area (Å²) in [5.74, 6) is -6.62. The molecule has 6 aromatic rings. The van der Waals surface area contributed by atoms with Gasteiger partial charge in [0, 0.05) is 57.7 Å². The van der Waals surface area contributed by atoms with E-state index in [0.29, 0.717) is 0 Å². The normalized spacial score (nSPS) is 9.91. The Bertz CT molecular complexity index is 1480. The summed E-state index contributed by atoms with van der Waals surface area (Å²) in [5, 5.41) is 0. The topological polar surface area (TPSA) is 9.86 Å². The smallest absolute Gasteiger partial charge is 0.370 e. The first-order chi connectivity index (χ1) is 20.0. The molecule has 220 valence electrons. The van der Waals surface area contributed by atoms with Crippen molar-refractivity contribution in [3.05, 3.63) is 167 Å².